The Kier molecular flexibility index (Phi) is 4.88. The fraction of sp³-hybridized carbons (Fsp3) is 0.833. The summed E-state index contributed by atoms with van der Waals surface area (Å²) >= 11 is 1.84. The smallest absolute Gasteiger partial charge is 0.244 e. The Labute approximate surface area is 113 Å². The highest BCUT2D eigenvalue weighted by molar-refractivity contribution is 7.98. The molecule has 2 N–H and O–H groups in total. The zero-order valence-corrected chi connectivity index (χ0v) is 12.3. The van der Waals surface area contributed by atoms with Crippen LogP contribution in [0.2, 0.25) is 0 Å². The molecule has 0 aromatic carbocycles. The molecule has 18 heavy (non-hydrogen) atoms. The van der Waals surface area contributed by atoms with Crippen LogP contribution in [0.5, 0.6) is 0 Å². The lowest BCUT2D eigenvalue weighted by Crippen LogP contribution is -2.41. The van der Waals surface area contributed by atoms with E-state index in [0.29, 0.717) is 12.0 Å². The molecule has 1 aromatic heterocycles. The van der Waals surface area contributed by atoms with E-state index >= 15 is 0 Å². The van der Waals surface area contributed by atoms with Crippen LogP contribution in [-0.4, -0.2) is 53.4 Å². The summed E-state index contributed by atoms with van der Waals surface area (Å²) in [5, 5.41) is 10.8. The van der Waals surface area contributed by atoms with Crippen molar-refractivity contribution in [3.8, 4) is 0 Å². The minimum absolute atomic E-state index is 0.441. The average molecular weight is 269 g/mol. The minimum atomic E-state index is 0.441. The number of hydrogen-bond donors (Lipinski definition) is 2. The fourth-order valence-corrected chi connectivity index (χ4v) is 2.98. The van der Waals surface area contributed by atoms with E-state index in [1.165, 1.54) is 12.8 Å². The van der Waals surface area contributed by atoms with Crippen molar-refractivity contribution in [1.29, 1.82) is 0 Å². The molecule has 0 spiro atoms. The monoisotopic (exact) mass is 269 g/mol. The molecule has 1 saturated heterocycles. The topological polar surface area (TPSA) is 56.8 Å². The van der Waals surface area contributed by atoms with Gasteiger partial charge in [-0.25, -0.2) is 0 Å². The third kappa shape index (κ3) is 3.17. The largest absolute Gasteiger partial charge is 0.339 e. The first-order valence-corrected chi connectivity index (χ1v) is 7.97. The maximum atomic E-state index is 4.63. The number of hydrogen-bond acceptors (Lipinski definition) is 5. The van der Waals surface area contributed by atoms with Crippen LogP contribution in [0.15, 0.2) is 0 Å². The molecule has 1 aromatic rings. The van der Waals surface area contributed by atoms with Crippen molar-refractivity contribution in [2.24, 2.45) is 0 Å². The molecular formula is C12H23N5S. The van der Waals surface area contributed by atoms with E-state index < -0.39 is 0 Å². The zero-order valence-electron chi connectivity index (χ0n) is 11.4. The van der Waals surface area contributed by atoms with E-state index in [9.17, 15) is 0 Å². The Bertz CT molecular complexity index is 359. The molecule has 102 valence electrons. The molecule has 5 nitrogen and oxygen atoms in total. The van der Waals surface area contributed by atoms with Crippen LogP contribution in [0, 0.1) is 0 Å². The number of nitrogens with one attached hydrogen (secondary N) is 2. The van der Waals surface area contributed by atoms with Crippen molar-refractivity contribution in [1.82, 2.24) is 20.5 Å². The van der Waals surface area contributed by atoms with Gasteiger partial charge in [-0.1, -0.05) is 6.92 Å². The molecule has 1 fully saturated rings. The molecule has 1 aliphatic heterocycles. The van der Waals surface area contributed by atoms with Crippen molar-refractivity contribution in [2.45, 2.75) is 31.7 Å². The van der Waals surface area contributed by atoms with Crippen molar-refractivity contribution < 1.29 is 0 Å². The van der Waals surface area contributed by atoms with Crippen LogP contribution in [0.25, 0.3) is 0 Å². The predicted octanol–water partition coefficient (Wildman–Crippen LogP) is 1.46. The number of rotatable bonds is 5. The molecule has 0 saturated carbocycles. The van der Waals surface area contributed by atoms with Gasteiger partial charge in [0.15, 0.2) is 0 Å². The summed E-state index contributed by atoms with van der Waals surface area (Å²) in [6.07, 6.45) is 4.46. The fourth-order valence-electron chi connectivity index (χ4n) is 2.32. The Hall–Kier alpha value is -0.750. The molecular weight excluding hydrogens is 246 g/mol. The highest BCUT2D eigenvalue weighted by atomic mass is 32.2. The predicted molar refractivity (Wildman–Crippen MR) is 77.5 cm³/mol. The molecule has 1 unspecified atom stereocenters. The second kappa shape index (κ2) is 6.43. The average Bonchev–Trinajstić information content (AvgIpc) is 2.89. The molecule has 0 radical (unpaired) electrons. The van der Waals surface area contributed by atoms with Crippen molar-refractivity contribution in [2.75, 3.05) is 37.0 Å². The lowest BCUT2D eigenvalue weighted by molar-refractivity contribution is 0.439. The van der Waals surface area contributed by atoms with Gasteiger partial charge in [-0.05, 0) is 26.1 Å². The number of nitrogens with zero attached hydrogens (tertiary/aromatic N) is 3. The molecule has 2 rings (SSSR count). The van der Waals surface area contributed by atoms with E-state index in [-0.39, 0.29) is 0 Å². The van der Waals surface area contributed by atoms with Crippen LogP contribution >= 0.6 is 11.8 Å². The van der Waals surface area contributed by atoms with Gasteiger partial charge in [-0.2, -0.15) is 16.7 Å². The van der Waals surface area contributed by atoms with E-state index in [4.69, 9.17) is 0 Å². The van der Waals surface area contributed by atoms with E-state index in [1.54, 1.807) is 0 Å². The van der Waals surface area contributed by atoms with Crippen LogP contribution in [0.1, 0.15) is 31.5 Å². The Morgan fingerprint density at radius 1 is 1.50 bits per heavy atom. The first kappa shape index (κ1) is 13.7. The molecule has 0 bridgehead atoms. The van der Waals surface area contributed by atoms with Gasteiger partial charge in [0.05, 0.1) is 0 Å². The lowest BCUT2D eigenvalue weighted by atomic mass is 10.1. The van der Waals surface area contributed by atoms with Crippen molar-refractivity contribution >= 4 is 17.7 Å². The van der Waals surface area contributed by atoms with Gasteiger partial charge in [-0.15, -0.1) is 5.10 Å². The second-order valence-corrected chi connectivity index (χ2v) is 5.84. The number of piperidine rings is 1. The highest BCUT2D eigenvalue weighted by Gasteiger charge is 2.21. The highest BCUT2D eigenvalue weighted by Crippen LogP contribution is 2.20. The second-order valence-electron chi connectivity index (χ2n) is 4.93. The van der Waals surface area contributed by atoms with Gasteiger partial charge >= 0.3 is 0 Å². The van der Waals surface area contributed by atoms with E-state index in [0.717, 1.165) is 30.6 Å². The van der Waals surface area contributed by atoms with Crippen LogP contribution < -0.4 is 10.2 Å². The van der Waals surface area contributed by atoms with Gasteiger partial charge in [0.1, 0.15) is 5.82 Å². The van der Waals surface area contributed by atoms with Crippen molar-refractivity contribution in [3.05, 3.63) is 5.82 Å². The number of aromatic amines is 1. The van der Waals surface area contributed by atoms with Gasteiger partial charge in [-0.3, -0.25) is 5.10 Å². The summed E-state index contributed by atoms with van der Waals surface area (Å²) in [5.74, 6) is 3.40. The Morgan fingerprint density at radius 3 is 2.83 bits per heavy atom. The SMILES string of the molecule is CNC1CCN(c2n[nH]c(C(C)CSC)n2)CC1. The zero-order chi connectivity index (χ0) is 13.0. The van der Waals surface area contributed by atoms with Crippen LogP contribution in [0.3, 0.4) is 0 Å². The van der Waals surface area contributed by atoms with Gasteiger partial charge < -0.3 is 10.2 Å². The number of aromatic nitrogens is 3. The molecule has 0 aliphatic carbocycles. The van der Waals surface area contributed by atoms with Crippen molar-refractivity contribution in [3.63, 3.8) is 0 Å². The summed E-state index contributed by atoms with van der Waals surface area (Å²) in [7, 11) is 2.04. The van der Waals surface area contributed by atoms with Crippen LogP contribution in [-0.2, 0) is 0 Å². The summed E-state index contributed by atoms with van der Waals surface area (Å²) < 4.78 is 0. The Balaban J connectivity index is 1.94. The summed E-state index contributed by atoms with van der Waals surface area (Å²) in [4.78, 5) is 6.91. The minimum Gasteiger partial charge on any atom is -0.339 e. The van der Waals surface area contributed by atoms with Crippen LogP contribution in [0.4, 0.5) is 5.95 Å². The van der Waals surface area contributed by atoms with Gasteiger partial charge in [0.25, 0.3) is 0 Å². The number of anilines is 1. The van der Waals surface area contributed by atoms with Gasteiger partial charge in [0.2, 0.25) is 5.95 Å². The van der Waals surface area contributed by atoms with Gasteiger partial charge in [0, 0.05) is 30.8 Å². The molecule has 6 heteroatoms. The first-order valence-electron chi connectivity index (χ1n) is 6.58. The van der Waals surface area contributed by atoms with E-state index in [2.05, 4.69) is 38.6 Å². The quantitative estimate of drug-likeness (QED) is 0.847. The summed E-state index contributed by atoms with van der Waals surface area (Å²) in [6, 6.07) is 0.648. The summed E-state index contributed by atoms with van der Waals surface area (Å²) in [6.45, 7) is 4.27. The summed E-state index contributed by atoms with van der Waals surface area (Å²) in [5.41, 5.74) is 0. The number of H-pyrrole nitrogens is 1. The molecule has 0 amide bonds. The normalized spacial score (nSPS) is 19.2. The Morgan fingerprint density at radius 2 is 2.22 bits per heavy atom. The van der Waals surface area contributed by atoms with E-state index in [1.807, 2.05) is 18.8 Å². The molecule has 2 heterocycles. The standard InChI is InChI=1S/C12H23N5S/c1-9(8-18-3)11-14-12(16-15-11)17-6-4-10(13-2)5-7-17/h9-10,13H,4-8H2,1-3H3,(H,14,15,16). The molecule has 1 aliphatic rings. The lowest BCUT2D eigenvalue weighted by Gasteiger charge is -2.30. The maximum Gasteiger partial charge on any atom is 0.244 e. The third-order valence-corrected chi connectivity index (χ3v) is 4.39. The maximum absolute atomic E-state index is 4.63. The third-order valence-electron chi connectivity index (χ3n) is 3.56. The number of thioether (sulfide) groups is 1. The first-order chi connectivity index (χ1) is 8.74. The molecule has 1 atom stereocenters.